The first-order valence-corrected chi connectivity index (χ1v) is 9.67. The number of amides is 1. The second-order valence-corrected chi connectivity index (χ2v) is 6.88. The zero-order valence-corrected chi connectivity index (χ0v) is 16.9. The Balaban J connectivity index is 1.71. The van der Waals surface area contributed by atoms with Crippen LogP contribution in [0.1, 0.15) is 21.5 Å². The molecular weight excluding hydrogens is 435 g/mol. The number of hydrogen-bond acceptors (Lipinski definition) is 5. The summed E-state index contributed by atoms with van der Waals surface area (Å²) in [5, 5.41) is 6.61. The molecule has 2 aromatic carbocycles. The number of hydrazone groups is 1. The molecular formula is C23H16F3N5O2. The quantitative estimate of drug-likeness (QED) is 0.351. The van der Waals surface area contributed by atoms with Crippen LogP contribution in [-0.2, 0) is 6.18 Å². The lowest BCUT2D eigenvalue weighted by Gasteiger charge is -2.12. The van der Waals surface area contributed by atoms with Crippen molar-refractivity contribution in [1.82, 2.24) is 14.8 Å². The zero-order chi connectivity index (χ0) is 23.4. The summed E-state index contributed by atoms with van der Waals surface area (Å²) in [5.74, 6) is -0.503. The summed E-state index contributed by atoms with van der Waals surface area (Å²) in [7, 11) is 0. The van der Waals surface area contributed by atoms with Crippen LogP contribution < -0.4 is 16.3 Å². The van der Waals surface area contributed by atoms with Crippen LogP contribution in [0.2, 0.25) is 0 Å². The van der Waals surface area contributed by atoms with Crippen molar-refractivity contribution in [3.63, 3.8) is 0 Å². The second-order valence-electron chi connectivity index (χ2n) is 6.88. The number of benzene rings is 2. The third-order valence-electron chi connectivity index (χ3n) is 4.62. The molecule has 2 N–H and O–H groups in total. The van der Waals surface area contributed by atoms with Crippen molar-refractivity contribution in [1.29, 1.82) is 0 Å². The molecule has 166 valence electrons. The first-order valence-electron chi connectivity index (χ1n) is 9.67. The molecule has 1 amide bonds. The highest BCUT2D eigenvalue weighted by molar-refractivity contribution is 5.95. The van der Waals surface area contributed by atoms with Gasteiger partial charge in [0.1, 0.15) is 17.0 Å². The van der Waals surface area contributed by atoms with Crippen LogP contribution in [0, 0.1) is 0 Å². The van der Waals surface area contributed by atoms with Crippen LogP contribution in [-0.4, -0.2) is 21.5 Å². The average molecular weight is 451 g/mol. The number of rotatable bonds is 5. The first-order chi connectivity index (χ1) is 15.8. The van der Waals surface area contributed by atoms with E-state index in [0.29, 0.717) is 5.56 Å². The third kappa shape index (κ3) is 4.90. The Bertz CT molecular complexity index is 1400. The van der Waals surface area contributed by atoms with Gasteiger partial charge >= 0.3 is 6.18 Å². The summed E-state index contributed by atoms with van der Waals surface area (Å²) in [4.78, 5) is 29.5. The second kappa shape index (κ2) is 8.95. The van der Waals surface area contributed by atoms with Gasteiger partial charge in [0.25, 0.3) is 11.5 Å². The number of aromatic nitrogens is 2. The number of nitrogens with zero attached hydrogens (tertiary/aromatic N) is 3. The predicted octanol–water partition coefficient (Wildman–Crippen LogP) is 4.22. The van der Waals surface area contributed by atoms with Crippen LogP contribution in [0.25, 0.3) is 5.65 Å². The van der Waals surface area contributed by atoms with E-state index in [0.717, 1.165) is 18.3 Å². The number of pyridine rings is 1. The molecule has 0 bridgehead atoms. The fourth-order valence-corrected chi connectivity index (χ4v) is 3.03. The predicted molar refractivity (Wildman–Crippen MR) is 118 cm³/mol. The molecule has 0 atom stereocenters. The zero-order valence-electron chi connectivity index (χ0n) is 16.9. The maximum Gasteiger partial charge on any atom is 0.416 e. The van der Waals surface area contributed by atoms with Crippen molar-refractivity contribution >= 4 is 29.3 Å². The lowest BCUT2D eigenvalue weighted by molar-refractivity contribution is -0.137. The van der Waals surface area contributed by atoms with E-state index in [4.69, 9.17) is 0 Å². The van der Waals surface area contributed by atoms with Gasteiger partial charge < -0.3 is 5.32 Å². The van der Waals surface area contributed by atoms with Crippen LogP contribution >= 0.6 is 0 Å². The van der Waals surface area contributed by atoms with Gasteiger partial charge in [-0.3, -0.25) is 14.0 Å². The van der Waals surface area contributed by atoms with Gasteiger partial charge in [0.15, 0.2) is 0 Å². The van der Waals surface area contributed by atoms with Crippen LogP contribution in [0.5, 0.6) is 0 Å². The van der Waals surface area contributed by atoms with Crippen molar-refractivity contribution < 1.29 is 18.0 Å². The van der Waals surface area contributed by atoms with E-state index in [-0.39, 0.29) is 22.7 Å². The van der Waals surface area contributed by atoms with E-state index in [2.05, 4.69) is 20.8 Å². The minimum Gasteiger partial charge on any atom is -0.339 e. The van der Waals surface area contributed by atoms with Crippen molar-refractivity contribution in [2.45, 2.75) is 6.18 Å². The number of anilines is 2. The smallest absolute Gasteiger partial charge is 0.339 e. The molecule has 7 nitrogen and oxygen atoms in total. The number of carbonyl (C=O) groups excluding carboxylic acids is 1. The lowest BCUT2D eigenvalue weighted by Crippen LogP contribution is -2.23. The Morgan fingerprint density at radius 3 is 2.52 bits per heavy atom. The summed E-state index contributed by atoms with van der Waals surface area (Å²) in [6.07, 6.45) is -1.93. The molecule has 2 aromatic heterocycles. The highest BCUT2D eigenvalue weighted by Crippen LogP contribution is 2.31. The van der Waals surface area contributed by atoms with E-state index in [1.54, 1.807) is 48.5 Å². The van der Waals surface area contributed by atoms with E-state index < -0.39 is 23.2 Å². The van der Waals surface area contributed by atoms with Gasteiger partial charge in [-0.2, -0.15) is 18.3 Å². The van der Waals surface area contributed by atoms with Crippen molar-refractivity contribution in [2.24, 2.45) is 5.10 Å². The molecule has 0 fully saturated rings. The van der Waals surface area contributed by atoms with Gasteiger partial charge in [-0.25, -0.2) is 10.4 Å². The van der Waals surface area contributed by atoms with Gasteiger partial charge in [-0.1, -0.05) is 30.3 Å². The summed E-state index contributed by atoms with van der Waals surface area (Å²) in [6.45, 7) is 0. The number of fused-ring (bicyclic) bond motifs is 1. The van der Waals surface area contributed by atoms with Crippen molar-refractivity contribution in [2.75, 3.05) is 5.32 Å². The molecule has 0 radical (unpaired) electrons. The number of nitrogens with one attached hydrogen (secondary N) is 2. The van der Waals surface area contributed by atoms with Crippen LogP contribution in [0.3, 0.4) is 0 Å². The Morgan fingerprint density at radius 1 is 1.00 bits per heavy atom. The van der Waals surface area contributed by atoms with E-state index in [9.17, 15) is 22.8 Å². The first kappa shape index (κ1) is 21.8. The van der Waals surface area contributed by atoms with Crippen molar-refractivity contribution in [3.05, 3.63) is 106 Å². The molecule has 0 aliphatic heterocycles. The molecule has 0 unspecified atom stereocenters. The third-order valence-corrected chi connectivity index (χ3v) is 4.62. The van der Waals surface area contributed by atoms with Gasteiger partial charge in [-0.05, 0) is 42.5 Å². The van der Waals surface area contributed by atoms with Crippen molar-refractivity contribution in [3.8, 4) is 0 Å². The fourth-order valence-electron chi connectivity index (χ4n) is 3.03. The maximum atomic E-state index is 13.1. The summed E-state index contributed by atoms with van der Waals surface area (Å²) in [6, 6.07) is 17.7. The monoisotopic (exact) mass is 451 g/mol. The summed E-state index contributed by atoms with van der Waals surface area (Å²) in [5.41, 5.74) is 1.63. The average Bonchev–Trinajstić information content (AvgIpc) is 2.81. The van der Waals surface area contributed by atoms with Gasteiger partial charge in [0.2, 0.25) is 0 Å². The Morgan fingerprint density at radius 2 is 1.76 bits per heavy atom. The topological polar surface area (TPSA) is 87.9 Å². The normalized spacial score (nSPS) is 11.6. The van der Waals surface area contributed by atoms with Crippen LogP contribution in [0.4, 0.5) is 24.7 Å². The van der Waals surface area contributed by atoms with Crippen LogP contribution in [0.15, 0.2) is 88.9 Å². The molecule has 2 heterocycles. The Kier molecular flexibility index (Phi) is 5.90. The molecule has 0 saturated carbocycles. The maximum absolute atomic E-state index is 13.1. The number of alkyl halides is 3. The van der Waals surface area contributed by atoms with E-state index in [1.807, 2.05) is 0 Å². The molecule has 33 heavy (non-hydrogen) atoms. The molecule has 10 heteroatoms. The number of carbonyl (C=O) groups is 1. The fraction of sp³-hybridized carbons (Fsp3) is 0.0435. The minimum absolute atomic E-state index is 0.0109. The summed E-state index contributed by atoms with van der Waals surface area (Å²) >= 11 is 0. The van der Waals surface area contributed by atoms with Gasteiger partial charge in [0.05, 0.1) is 11.8 Å². The molecule has 0 saturated heterocycles. The van der Waals surface area contributed by atoms with E-state index >= 15 is 0 Å². The summed E-state index contributed by atoms with van der Waals surface area (Å²) < 4.78 is 40.5. The highest BCUT2D eigenvalue weighted by Gasteiger charge is 2.30. The van der Waals surface area contributed by atoms with E-state index in [1.165, 1.54) is 22.7 Å². The molecule has 0 aliphatic carbocycles. The molecule has 0 spiro atoms. The van der Waals surface area contributed by atoms with Gasteiger partial charge in [-0.15, -0.1) is 0 Å². The standard InChI is InChI=1S/C23H16F3N5O2/c24-23(25,26)16-9-6-10-17(13-16)28-20-18(22(33)31-12-5-4-11-19(31)29-20)14-27-30-21(32)15-7-2-1-3-8-15/h1-14,28H,(H,30,32)/b27-14-. The largest absolute Gasteiger partial charge is 0.416 e. The molecule has 4 aromatic rings. The Hall–Kier alpha value is -4.47. The SMILES string of the molecule is O=C(N/N=C\c1c(Nc2cccc(C(F)(F)F)c2)nc2ccccn2c1=O)c1ccccc1. The molecule has 0 aliphatic rings. The lowest BCUT2D eigenvalue weighted by atomic mass is 10.2. The minimum atomic E-state index is -4.53. The number of halogens is 3. The molecule has 4 rings (SSSR count). The Labute approximate surface area is 185 Å². The highest BCUT2D eigenvalue weighted by atomic mass is 19.4. The number of hydrogen-bond donors (Lipinski definition) is 2. The van der Waals surface area contributed by atoms with Gasteiger partial charge in [0, 0.05) is 17.4 Å².